The summed E-state index contributed by atoms with van der Waals surface area (Å²) in [7, 11) is 0. The van der Waals surface area contributed by atoms with E-state index < -0.39 is 0 Å². The summed E-state index contributed by atoms with van der Waals surface area (Å²) < 4.78 is 0. The summed E-state index contributed by atoms with van der Waals surface area (Å²) in [6, 6.07) is 0. The van der Waals surface area contributed by atoms with Crippen molar-refractivity contribution in [2.24, 2.45) is 5.92 Å². The standard InChI is InChI=1S/C7H14O2/c1-7(6-9)4-2-3-5-8/h6-8H,2-5H2,1H3/t7-/m1/s1. The van der Waals surface area contributed by atoms with E-state index in [0.717, 1.165) is 25.5 Å². The van der Waals surface area contributed by atoms with E-state index in [1.54, 1.807) is 0 Å². The highest BCUT2D eigenvalue weighted by molar-refractivity contribution is 5.52. The third-order valence-corrected chi connectivity index (χ3v) is 1.30. The zero-order chi connectivity index (χ0) is 7.11. The van der Waals surface area contributed by atoms with E-state index >= 15 is 0 Å². The van der Waals surface area contributed by atoms with Crippen molar-refractivity contribution in [3.63, 3.8) is 0 Å². The second kappa shape index (κ2) is 5.76. The molecule has 0 aromatic heterocycles. The molecule has 0 aliphatic heterocycles. The van der Waals surface area contributed by atoms with Crippen LogP contribution in [0.15, 0.2) is 0 Å². The second-order valence-electron chi connectivity index (χ2n) is 2.33. The predicted octanol–water partition coefficient (Wildman–Crippen LogP) is 0.984. The van der Waals surface area contributed by atoms with Crippen LogP contribution in [0, 0.1) is 5.92 Å². The molecular formula is C7H14O2. The number of carbonyl (C=O) groups excluding carboxylic acids is 1. The fourth-order valence-electron chi connectivity index (χ4n) is 0.646. The minimum Gasteiger partial charge on any atom is -0.396 e. The fourth-order valence-corrected chi connectivity index (χ4v) is 0.646. The predicted molar refractivity (Wildman–Crippen MR) is 36.2 cm³/mol. The van der Waals surface area contributed by atoms with Gasteiger partial charge in [-0.3, -0.25) is 0 Å². The summed E-state index contributed by atoms with van der Waals surface area (Å²) in [6.45, 7) is 2.13. The number of aliphatic hydroxyl groups excluding tert-OH is 1. The first-order chi connectivity index (χ1) is 4.31. The molecule has 9 heavy (non-hydrogen) atoms. The number of hydrogen-bond donors (Lipinski definition) is 1. The van der Waals surface area contributed by atoms with Gasteiger partial charge in [-0.25, -0.2) is 0 Å². The van der Waals surface area contributed by atoms with Gasteiger partial charge < -0.3 is 9.90 Å². The van der Waals surface area contributed by atoms with Crippen LogP contribution in [-0.4, -0.2) is 18.0 Å². The van der Waals surface area contributed by atoms with Crippen molar-refractivity contribution in [2.75, 3.05) is 6.61 Å². The van der Waals surface area contributed by atoms with Crippen LogP contribution in [0.25, 0.3) is 0 Å². The molecule has 2 nitrogen and oxygen atoms in total. The van der Waals surface area contributed by atoms with E-state index in [1.165, 1.54) is 0 Å². The molecule has 0 saturated carbocycles. The molecule has 0 aromatic carbocycles. The highest BCUT2D eigenvalue weighted by Crippen LogP contribution is 2.03. The first-order valence-electron chi connectivity index (χ1n) is 3.37. The molecule has 0 spiro atoms. The van der Waals surface area contributed by atoms with Crippen molar-refractivity contribution >= 4 is 6.29 Å². The van der Waals surface area contributed by atoms with Crippen molar-refractivity contribution in [2.45, 2.75) is 26.2 Å². The van der Waals surface area contributed by atoms with Gasteiger partial charge >= 0.3 is 0 Å². The lowest BCUT2D eigenvalue weighted by atomic mass is 10.1. The molecule has 0 fully saturated rings. The van der Waals surface area contributed by atoms with Gasteiger partial charge in [0.25, 0.3) is 0 Å². The first kappa shape index (κ1) is 8.63. The van der Waals surface area contributed by atoms with Crippen molar-refractivity contribution in [3.8, 4) is 0 Å². The number of hydrogen-bond acceptors (Lipinski definition) is 2. The van der Waals surface area contributed by atoms with E-state index in [1.807, 2.05) is 6.92 Å². The number of unbranched alkanes of at least 4 members (excludes halogenated alkanes) is 1. The Labute approximate surface area is 55.9 Å². The minimum absolute atomic E-state index is 0.163. The number of carbonyl (C=O) groups is 1. The third kappa shape index (κ3) is 5.50. The maximum absolute atomic E-state index is 10.0. The molecule has 1 N–H and O–H groups in total. The van der Waals surface area contributed by atoms with Crippen LogP contribution in [0.4, 0.5) is 0 Å². The van der Waals surface area contributed by atoms with E-state index in [0.29, 0.717) is 0 Å². The Morgan fingerprint density at radius 3 is 2.67 bits per heavy atom. The maximum Gasteiger partial charge on any atom is 0.122 e. The van der Waals surface area contributed by atoms with Crippen molar-refractivity contribution in [3.05, 3.63) is 0 Å². The Bertz CT molecular complexity index is 71.3. The van der Waals surface area contributed by atoms with Crippen LogP contribution in [0.5, 0.6) is 0 Å². The Kier molecular flexibility index (Phi) is 5.52. The second-order valence-corrected chi connectivity index (χ2v) is 2.33. The summed E-state index contributed by atoms with van der Waals surface area (Å²) >= 11 is 0. The maximum atomic E-state index is 10.0. The zero-order valence-electron chi connectivity index (χ0n) is 5.84. The van der Waals surface area contributed by atoms with Gasteiger partial charge in [0.1, 0.15) is 6.29 Å². The summed E-state index contributed by atoms with van der Waals surface area (Å²) in [4.78, 5) is 10.0. The Balaban J connectivity index is 2.96. The van der Waals surface area contributed by atoms with Crippen LogP contribution in [-0.2, 0) is 4.79 Å². The van der Waals surface area contributed by atoms with Gasteiger partial charge in [-0.15, -0.1) is 0 Å². The van der Waals surface area contributed by atoms with E-state index in [4.69, 9.17) is 5.11 Å². The van der Waals surface area contributed by atoms with Crippen molar-refractivity contribution in [1.82, 2.24) is 0 Å². The van der Waals surface area contributed by atoms with Gasteiger partial charge in [0.15, 0.2) is 0 Å². The summed E-state index contributed by atoms with van der Waals surface area (Å²) in [5.41, 5.74) is 0. The molecule has 0 aliphatic carbocycles. The minimum atomic E-state index is 0.163. The summed E-state index contributed by atoms with van der Waals surface area (Å²) in [5.74, 6) is 0.163. The normalized spacial score (nSPS) is 13.1. The van der Waals surface area contributed by atoms with Gasteiger partial charge in [0, 0.05) is 12.5 Å². The average Bonchev–Trinajstić information content (AvgIpc) is 1.89. The molecule has 0 aliphatic rings. The van der Waals surface area contributed by atoms with Crippen LogP contribution in [0.2, 0.25) is 0 Å². The Hall–Kier alpha value is -0.370. The lowest BCUT2D eigenvalue weighted by Gasteiger charge is -1.99. The molecule has 54 valence electrons. The van der Waals surface area contributed by atoms with Crippen LogP contribution in [0.3, 0.4) is 0 Å². The van der Waals surface area contributed by atoms with Crippen molar-refractivity contribution < 1.29 is 9.90 Å². The van der Waals surface area contributed by atoms with Gasteiger partial charge in [-0.05, 0) is 12.8 Å². The molecule has 0 saturated heterocycles. The third-order valence-electron chi connectivity index (χ3n) is 1.30. The van der Waals surface area contributed by atoms with Gasteiger partial charge in [0.2, 0.25) is 0 Å². The van der Waals surface area contributed by atoms with Crippen molar-refractivity contribution in [1.29, 1.82) is 0 Å². The number of aldehydes is 1. The highest BCUT2D eigenvalue weighted by Gasteiger charge is 1.96. The number of aliphatic hydroxyl groups is 1. The molecular weight excluding hydrogens is 116 g/mol. The van der Waals surface area contributed by atoms with Gasteiger partial charge in [0.05, 0.1) is 0 Å². The fraction of sp³-hybridized carbons (Fsp3) is 0.857. The molecule has 0 aromatic rings. The Morgan fingerprint density at radius 1 is 1.56 bits per heavy atom. The largest absolute Gasteiger partial charge is 0.396 e. The van der Waals surface area contributed by atoms with E-state index in [-0.39, 0.29) is 12.5 Å². The monoisotopic (exact) mass is 130 g/mol. The van der Waals surface area contributed by atoms with Gasteiger partial charge in [-0.2, -0.15) is 0 Å². The summed E-state index contributed by atoms with van der Waals surface area (Å²) in [5, 5.41) is 8.36. The first-order valence-corrected chi connectivity index (χ1v) is 3.37. The lowest BCUT2D eigenvalue weighted by molar-refractivity contribution is -0.110. The lowest BCUT2D eigenvalue weighted by Crippen LogP contribution is -1.95. The molecule has 0 rings (SSSR count). The molecule has 0 heterocycles. The molecule has 0 radical (unpaired) electrons. The average molecular weight is 130 g/mol. The molecule has 2 heteroatoms. The highest BCUT2D eigenvalue weighted by atomic mass is 16.2. The number of rotatable bonds is 5. The van der Waals surface area contributed by atoms with Crippen LogP contribution >= 0.6 is 0 Å². The molecule has 0 amide bonds. The van der Waals surface area contributed by atoms with Crippen LogP contribution < -0.4 is 0 Å². The van der Waals surface area contributed by atoms with Crippen LogP contribution in [0.1, 0.15) is 26.2 Å². The molecule has 0 bridgehead atoms. The SMILES string of the molecule is C[C@@H](C=O)CCCCO. The van der Waals surface area contributed by atoms with E-state index in [2.05, 4.69) is 0 Å². The Morgan fingerprint density at radius 2 is 2.22 bits per heavy atom. The smallest absolute Gasteiger partial charge is 0.122 e. The van der Waals surface area contributed by atoms with Gasteiger partial charge in [-0.1, -0.05) is 13.3 Å². The topological polar surface area (TPSA) is 37.3 Å². The zero-order valence-corrected chi connectivity index (χ0v) is 5.84. The molecule has 0 unspecified atom stereocenters. The summed E-state index contributed by atoms with van der Waals surface area (Å²) in [6.07, 6.45) is 3.63. The molecule has 1 atom stereocenters. The van der Waals surface area contributed by atoms with E-state index in [9.17, 15) is 4.79 Å². The quantitative estimate of drug-likeness (QED) is 0.445.